The molecule has 2 N–H and O–H groups in total. The summed E-state index contributed by atoms with van der Waals surface area (Å²) < 4.78 is 0. The van der Waals surface area contributed by atoms with E-state index >= 15 is 0 Å². The highest BCUT2D eigenvalue weighted by Gasteiger charge is 2.21. The summed E-state index contributed by atoms with van der Waals surface area (Å²) in [4.78, 5) is 6.87. The largest absolute Gasteiger partial charge is 0.356 e. The van der Waals surface area contributed by atoms with Crippen LogP contribution >= 0.6 is 24.0 Å². The fourth-order valence-corrected chi connectivity index (χ4v) is 3.17. The molecular weight excluding hydrogens is 411 g/mol. The van der Waals surface area contributed by atoms with E-state index in [-0.39, 0.29) is 24.0 Å². The Labute approximate surface area is 164 Å². The molecule has 1 aliphatic heterocycles. The molecule has 1 saturated heterocycles. The number of nitrogens with zero attached hydrogens (tertiary/aromatic N) is 2. The summed E-state index contributed by atoms with van der Waals surface area (Å²) in [6.07, 6.45) is 1.29. The van der Waals surface area contributed by atoms with Gasteiger partial charge in [-0.3, -0.25) is 4.99 Å². The first-order valence-corrected chi connectivity index (χ1v) is 8.85. The standard InChI is InChI=1S/C19H32N4.HI/c1-5-23-10-9-17(14-23)13-22-19(20-4)21-12-16(3)18-8-6-7-15(2)11-18;/h6-8,11,16-17H,5,9-10,12-14H2,1-4H3,(H2,20,21,22);1H. The van der Waals surface area contributed by atoms with Crippen molar-refractivity contribution < 1.29 is 0 Å². The quantitative estimate of drug-likeness (QED) is 0.402. The lowest BCUT2D eigenvalue weighted by molar-refractivity contribution is 0.342. The Morgan fingerprint density at radius 1 is 1.38 bits per heavy atom. The molecule has 2 rings (SSSR count). The highest BCUT2D eigenvalue weighted by molar-refractivity contribution is 14.0. The van der Waals surface area contributed by atoms with Gasteiger partial charge in [-0.05, 0) is 43.8 Å². The zero-order chi connectivity index (χ0) is 16.7. The van der Waals surface area contributed by atoms with Crippen LogP contribution in [0.5, 0.6) is 0 Å². The van der Waals surface area contributed by atoms with Crippen molar-refractivity contribution in [2.24, 2.45) is 10.9 Å². The van der Waals surface area contributed by atoms with Gasteiger partial charge < -0.3 is 15.5 Å². The molecule has 1 aromatic rings. The molecule has 0 radical (unpaired) electrons. The van der Waals surface area contributed by atoms with E-state index in [4.69, 9.17) is 0 Å². The van der Waals surface area contributed by atoms with Gasteiger partial charge >= 0.3 is 0 Å². The third kappa shape index (κ3) is 6.59. The number of nitrogens with one attached hydrogen (secondary N) is 2. The van der Waals surface area contributed by atoms with Gasteiger partial charge in [-0.15, -0.1) is 24.0 Å². The van der Waals surface area contributed by atoms with Gasteiger partial charge in [-0.1, -0.05) is 43.7 Å². The van der Waals surface area contributed by atoms with E-state index in [9.17, 15) is 0 Å². The van der Waals surface area contributed by atoms with Crippen molar-refractivity contribution in [1.82, 2.24) is 15.5 Å². The SMILES string of the molecule is CCN1CCC(CNC(=NC)NCC(C)c2cccc(C)c2)C1.I. The Kier molecular flexibility index (Phi) is 9.66. The first-order valence-electron chi connectivity index (χ1n) is 8.85. The van der Waals surface area contributed by atoms with E-state index < -0.39 is 0 Å². The van der Waals surface area contributed by atoms with Crippen LogP contribution < -0.4 is 10.6 Å². The van der Waals surface area contributed by atoms with Crippen molar-refractivity contribution in [1.29, 1.82) is 0 Å². The summed E-state index contributed by atoms with van der Waals surface area (Å²) in [7, 11) is 1.85. The molecule has 4 nitrogen and oxygen atoms in total. The Bertz CT molecular complexity index is 518. The van der Waals surface area contributed by atoms with E-state index in [0.717, 1.165) is 31.5 Å². The Morgan fingerprint density at radius 3 is 2.79 bits per heavy atom. The minimum Gasteiger partial charge on any atom is -0.356 e. The van der Waals surface area contributed by atoms with Crippen LogP contribution in [0.25, 0.3) is 0 Å². The maximum absolute atomic E-state index is 4.35. The Hall–Kier alpha value is -0.820. The summed E-state index contributed by atoms with van der Waals surface area (Å²) in [6, 6.07) is 8.74. The zero-order valence-electron chi connectivity index (χ0n) is 15.5. The van der Waals surface area contributed by atoms with Gasteiger partial charge in [-0.25, -0.2) is 0 Å². The molecular formula is C19H33IN4. The zero-order valence-corrected chi connectivity index (χ0v) is 17.8. The van der Waals surface area contributed by atoms with Crippen LogP contribution in [-0.2, 0) is 0 Å². The van der Waals surface area contributed by atoms with E-state index in [1.807, 2.05) is 7.05 Å². The molecule has 0 aromatic heterocycles. The monoisotopic (exact) mass is 444 g/mol. The molecule has 2 atom stereocenters. The fraction of sp³-hybridized carbons (Fsp3) is 0.632. The molecule has 0 spiro atoms. The number of guanidine groups is 1. The van der Waals surface area contributed by atoms with Gasteiger partial charge in [0.05, 0.1) is 0 Å². The minimum atomic E-state index is 0. The highest BCUT2D eigenvalue weighted by atomic mass is 127. The normalized spacial score (nSPS) is 19.7. The summed E-state index contributed by atoms with van der Waals surface area (Å²) in [6.45, 7) is 12.2. The van der Waals surface area contributed by atoms with Crippen LogP contribution in [0.15, 0.2) is 29.3 Å². The summed E-state index contributed by atoms with van der Waals surface area (Å²) in [5.74, 6) is 2.12. The Balaban J connectivity index is 0.00000288. The number of halogens is 1. The van der Waals surface area contributed by atoms with Crippen LogP contribution in [0.3, 0.4) is 0 Å². The number of benzene rings is 1. The summed E-state index contributed by atoms with van der Waals surface area (Å²) >= 11 is 0. The maximum atomic E-state index is 4.35. The van der Waals surface area contributed by atoms with Crippen LogP contribution in [-0.4, -0.2) is 50.6 Å². The second kappa shape index (κ2) is 10.9. The van der Waals surface area contributed by atoms with E-state index in [0.29, 0.717) is 5.92 Å². The number of likely N-dealkylation sites (tertiary alicyclic amines) is 1. The van der Waals surface area contributed by atoms with Crippen LogP contribution in [0.4, 0.5) is 0 Å². The summed E-state index contributed by atoms with van der Waals surface area (Å²) in [5, 5.41) is 6.95. The second-order valence-electron chi connectivity index (χ2n) is 6.70. The van der Waals surface area contributed by atoms with Gasteiger partial charge in [0.25, 0.3) is 0 Å². The average Bonchev–Trinajstić information content (AvgIpc) is 3.03. The van der Waals surface area contributed by atoms with Crippen LogP contribution in [0.1, 0.15) is 37.3 Å². The number of hydrogen-bond donors (Lipinski definition) is 2. The lowest BCUT2D eigenvalue weighted by Crippen LogP contribution is -2.41. The maximum Gasteiger partial charge on any atom is 0.191 e. The molecule has 1 fully saturated rings. The molecule has 0 amide bonds. The van der Waals surface area contributed by atoms with Crippen molar-refractivity contribution in [3.8, 4) is 0 Å². The fourth-order valence-electron chi connectivity index (χ4n) is 3.17. The topological polar surface area (TPSA) is 39.7 Å². The second-order valence-corrected chi connectivity index (χ2v) is 6.70. The van der Waals surface area contributed by atoms with Crippen LogP contribution in [0.2, 0.25) is 0 Å². The predicted molar refractivity (Wildman–Crippen MR) is 115 cm³/mol. The van der Waals surface area contributed by atoms with Crippen molar-refractivity contribution in [2.45, 2.75) is 33.1 Å². The molecule has 136 valence electrons. The van der Waals surface area contributed by atoms with Gasteiger partial charge in [-0.2, -0.15) is 0 Å². The first kappa shape index (κ1) is 21.2. The number of rotatable bonds is 6. The molecule has 0 bridgehead atoms. The molecule has 5 heteroatoms. The predicted octanol–water partition coefficient (Wildman–Crippen LogP) is 3.22. The van der Waals surface area contributed by atoms with Gasteiger partial charge in [0.1, 0.15) is 0 Å². The van der Waals surface area contributed by atoms with Gasteiger partial charge in [0.15, 0.2) is 5.96 Å². The third-order valence-electron chi connectivity index (χ3n) is 4.79. The third-order valence-corrected chi connectivity index (χ3v) is 4.79. The lowest BCUT2D eigenvalue weighted by atomic mass is 9.99. The molecule has 24 heavy (non-hydrogen) atoms. The van der Waals surface area contributed by atoms with Crippen molar-refractivity contribution in [3.05, 3.63) is 35.4 Å². The first-order chi connectivity index (χ1) is 11.1. The number of hydrogen-bond acceptors (Lipinski definition) is 2. The lowest BCUT2D eigenvalue weighted by Gasteiger charge is -2.18. The molecule has 2 unspecified atom stereocenters. The highest BCUT2D eigenvalue weighted by Crippen LogP contribution is 2.16. The molecule has 1 aromatic carbocycles. The van der Waals surface area contributed by atoms with E-state index in [1.54, 1.807) is 0 Å². The number of aliphatic imine (C=N–C) groups is 1. The van der Waals surface area contributed by atoms with Gasteiger partial charge in [0, 0.05) is 26.7 Å². The van der Waals surface area contributed by atoms with Crippen LogP contribution in [0, 0.1) is 12.8 Å². The van der Waals surface area contributed by atoms with E-state index in [1.165, 1.54) is 30.6 Å². The molecule has 1 aliphatic rings. The van der Waals surface area contributed by atoms with Crippen molar-refractivity contribution in [2.75, 3.05) is 39.8 Å². The Morgan fingerprint density at radius 2 is 2.17 bits per heavy atom. The smallest absolute Gasteiger partial charge is 0.191 e. The molecule has 0 aliphatic carbocycles. The molecule has 1 heterocycles. The number of aryl methyl sites for hydroxylation is 1. The average molecular weight is 444 g/mol. The molecule has 0 saturated carbocycles. The van der Waals surface area contributed by atoms with Gasteiger partial charge in [0.2, 0.25) is 0 Å². The minimum absolute atomic E-state index is 0. The summed E-state index contributed by atoms with van der Waals surface area (Å²) in [5.41, 5.74) is 2.70. The van der Waals surface area contributed by atoms with Crippen molar-refractivity contribution in [3.63, 3.8) is 0 Å². The van der Waals surface area contributed by atoms with Crippen molar-refractivity contribution >= 4 is 29.9 Å². The van der Waals surface area contributed by atoms with E-state index in [2.05, 4.69) is 65.6 Å².